The van der Waals surface area contributed by atoms with Crippen molar-refractivity contribution in [3.8, 4) is 5.69 Å². The monoisotopic (exact) mass is 501 g/mol. The molecule has 192 valence electrons. The fourth-order valence-corrected chi connectivity index (χ4v) is 3.45. The van der Waals surface area contributed by atoms with Crippen molar-refractivity contribution in [2.24, 2.45) is 0 Å². The first-order chi connectivity index (χ1) is 16.8. The summed E-state index contributed by atoms with van der Waals surface area (Å²) in [6.07, 6.45) is -4.46. The predicted molar refractivity (Wildman–Crippen MR) is 133 cm³/mol. The number of anilines is 2. The Morgan fingerprint density at radius 2 is 1.64 bits per heavy atom. The molecule has 0 fully saturated rings. The van der Waals surface area contributed by atoms with Gasteiger partial charge in [0, 0.05) is 23.7 Å². The molecule has 3 rings (SSSR count). The van der Waals surface area contributed by atoms with Crippen LogP contribution in [0.15, 0.2) is 54.6 Å². The number of aryl methyl sites for hydroxylation is 1. The second kappa shape index (κ2) is 10.4. The Bertz CT molecular complexity index is 1230. The minimum Gasteiger partial charge on any atom is -0.315 e. The van der Waals surface area contributed by atoms with Crippen molar-refractivity contribution in [2.45, 2.75) is 46.2 Å². The molecule has 0 aliphatic heterocycles. The van der Waals surface area contributed by atoms with E-state index in [0.717, 1.165) is 29.1 Å². The topological polar surface area (TPSA) is 79.3 Å². The lowest BCUT2D eigenvalue weighted by atomic mass is 9.92. The van der Waals surface area contributed by atoms with E-state index in [1.54, 1.807) is 11.6 Å². The number of hydrogen-bond donors (Lipinski definition) is 2. The summed E-state index contributed by atoms with van der Waals surface area (Å²) in [5, 5.41) is 10.1. The van der Waals surface area contributed by atoms with E-state index in [0.29, 0.717) is 5.82 Å². The molecule has 0 aliphatic rings. The summed E-state index contributed by atoms with van der Waals surface area (Å²) < 4.78 is 40.0. The lowest BCUT2D eigenvalue weighted by molar-refractivity contribution is -0.137. The number of amides is 3. The average molecular weight is 502 g/mol. The Morgan fingerprint density at radius 3 is 2.19 bits per heavy atom. The van der Waals surface area contributed by atoms with Crippen LogP contribution < -0.4 is 10.6 Å². The largest absolute Gasteiger partial charge is 0.416 e. The number of hydrogen-bond acceptors (Lipinski definition) is 3. The summed E-state index contributed by atoms with van der Waals surface area (Å²) in [6.45, 7) is 9.67. The Hall–Kier alpha value is -3.82. The van der Waals surface area contributed by atoms with E-state index in [2.05, 4.69) is 10.6 Å². The summed E-state index contributed by atoms with van der Waals surface area (Å²) in [5.41, 5.74) is 1.70. The third kappa shape index (κ3) is 6.44. The van der Waals surface area contributed by atoms with Gasteiger partial charge in [-0.25, -0.2) is 9.48 Å². The molecule has 0 spiro atoms. The van der Waals surface area contributed by atoms with Gasteiger partial charge in [-0.1, -0.05) is 39.0 Å². The van der Waals surface area contributed by atoms with Gasteiger partial charge >= 0.3 is 12.2 Å². The molecule has 0 atom stereocenters. The van der Waals surface area contributed by atoms with Crippen molar-refractivity contribution in [2.75, 3.05) is 23.7 Å². The molecule has 0 saturated heterocycles. The molecule has 3 aromatic rings. The quantitative estimate of drug-likeness (QED) is 0.436. The van der Waals surface area contributed by atoms with Crippen molar-refractivity contribution in [3.05, 3.63) is 71.4 Å². The van der Waals surface area contributed by atoms with Gasteiger partial charge in [0.15, 0.2) is 0 Å². The van der Waals surface area contributed by atoms with Crippen LogP contribution in [-0.4, -0.2) is 39.7 Å². The predicted octanol–water partition coefficient (Wildman–Crippen LogP) is 5.99. The highest BCUT2D eigenvalue weighted by molar-refractivity contribution is 5.96. The molecular formula is C26H30F3N5O2. The maximum absolute atomic E-state index is 12.9. The summed E-state index contributed by atoms with van der Waals surface area (Å²) in [4.78, 5) is 26.9. The molecular weight excluding hydrogens is 471 g/mol. The molecule has 10 heteroatoms. The number of benzene rings is 2. The smallest absolute Gasteiger partial charge is 0.315 e. The summed E-state index contributed by atoms with van der Waals surface area (Å²) in [6, 6.07) is 13.0. The van der Waals surface area contributed by atoms with E-state index in [-0.39, 0.29) is 24.2 Å². The summed E-state index contributed by atoms with van der Waals surface area (Å²) in [5.74, 6) is 0.0352. The Kier molecular flexibility index (Phi) is 7.76. The van der Waals surface area contributed by atoms with Crippen LogP contribution in [0.25, 0.3) is 5.69 Å². The molecule has 2 aromatic carbocycles. The molecule has 7 nitrogen and oxygen atoms in total. The van der Waals surface area contributed by atoms with Crippen LogP contribution in [0.4, 0.5) is 29.5 Å². The maximum Gasteiger partial charge on any atom is 0.416 e. The van der Waals surface area contributed by atoms with Crippen LogP contribution in [0.3, 0.4) is 0 Å². The van der Waals surface area contributed by atoms with Crippen molar-refractivity contribution >= 4 is 23.4 Å². The standard InChI is InChI=1S/C26H30F3N5O2/c1-6-33(24(36)30-19-13-11-18(12-14-19)26(27,28)29)16-23(35)31-22-15-21(25(3,4)5)32-34(22)20-10-8-7-9-17(20)2/h7-15H,6,16H2,1-5H3,(H,30,36)(H,31,35). The average Bonchev–Trinajstić information content (AvgIpc) is 3.21. The van der Waals surface area contributed by atoms with E-state index in [1.165, 1.54) is 17.0 Å². The molecule has 1 heterocycles. The van der Waals surface area contributed by atoms with Crippen LogP contribution in [0.2, 0.25) is 0 Å². The minimum atomic E-state index is -4.46. The number of carbonyl (C=O) groups is 2. The van der Waals surface area contributed by atoms with Gasteiger partial charge < -0.3 is 15.5 Å². The van der Waals surface area contributed by atoms with Crippen LogP contribution in [0.1, 0.15) is 44.5 Å². The van der Waals surface area contributed by atoms with Crippen LogP contribution in [-0.2, 0) is 16.4 Å². The zero-order chi connectivity index (χ0) is 26.7. The normalized spacial score (nSPS) is 11.8. The fraction of sp³-hybridized carbons (Fsp3) is 0.346. The number of carbonyl (C=O) groups excluding carboxylic acids is 2. The number of alkyl halides is 3. The first-order valence-corrected chi connectivity index (χ1v) is 11.5. The highest BCUT2D eigenvalue weighted by atomic mass is 19.4. The number of likely N-dealkylation sites (N-methyl/N-ethyl adjacent to an activating group) is 1. The highest BCUT2D eigenvalue weighted by Crippen LogP contribution is 2.30. The molecule has 0 saturated carbocycles. The second-order valence-electron chi connectivity index (χ2n) is 9.43. The van der Waals surface area contributed by atoms with Crippen molar-refractivity contribution in [1.29, 1.82) is 0 Å². The number of para-hydroxylation sites is 1. The van der Waals surface area contributed by atoms with Gasteiger partial charge in [-0.3, -0.25) is 4.79 Å². The maximum atomic E-state index is 12.9. The molecule has 36 heavy (non-hydrogen) atoms. The molecule has 0 bridgehead atoms. The molecule has 1 aromatic heterocycles. The molecule has 0 radical (unpaired) electrons. The number of nitrogens with zero attached hydrogens (tertiary/aromatic N) is 3. The van der Waals surface area contributed by atoms with Crippen molar-refractivity contribution in [1.82, 2.24) is 14.7 Å². The number of rotatable bonds is 6. The SMILES string of the molecule is CCN(CC(=O)Nc1cc(C(C)(C)C)nn1-c1ccccc1C)C(=O)Nc1ccc(C(F)(F)F)cc1. The van der Waals surface area contributed by atoms with Gasteiger partial charge in [0.25, 0.3) is 0 Å². The Balaban J connectivity index is 1.75. The van der Waals surface area contributed by atoms with E-state index in [4.69, 9.17) is 5.10 Å². The van der Waals surface area contributed by atoms with Crippen molar-refractivity contribution < 1.29 is 22.8 Å². The van der Waals surface area contributed by atoms with Gasteiger partial charge in [0.2, 0.25) is 5.91 Å². The summed E-state index contributed by atoms with van der Waals surface area (Å²) >= 11 is 0. The van der Waals surface area contributed by atoms with Gasteiger partial charge in [-0.05, 0) is 49.7 Å². The molecule has 0 unspecified atom stereocenters. The molecule has 3 amide bonds. The number of halogens is 3. The highest BCUT2D eigenvalue weighted by Gasteiger charge is 2.30. The fourth-order valence-electron chi connectivity index (χ4n) is 3.45. The third-order valence-corrected chi connectivity index (χ3v) is 5.56. The number of nitrogens with one attached hydrogen (secondary N) is 2. The lowest BCUT2D eigenvalue weighted by Gasteiger charge is -2.21. The molecule has 2 N–H and O–H groups in total. The number of aromatic nitrogens is 2. The van der Waals surface area contributed by atoms with Crippen LogP contribution in [0.5, 0.6) is 0 Å². The lowest BCUT2D eigenvalue weighted by Crippen LogP contribution is -2.40. The van der Waals surface area contributed by atoms with Gasteiger partial charge in [0.1, 0.15) is 12.4 Å². The van der Waals surface area contributed by atoms with Crippen LogP contribution >= 0.6 is 0 Å². The first kappa shape index (κ1) is 26.8. The third-order valence-electron chi connectivity index (χ3n) is 5.56. The van der Waals surface area contributed by atoms with E-state index < -0.39 is 23.7 Å². The Morgan fingerprint density at radius 1 is 1.00 bits per heavy atom. The first-order valence-electron chi connectivity index (χ1n) is 11.5. The van der Waals surface area contributed by atoms with E-state index >= 15 is 0 Å². The van der Waals surface area contributed by atoms with Crippen molar-refractivity contribution in [3.63, 3.8) is 0 Å². The Labute approximate surface area is 208 Å². The van der Waals surface area contributed by atoms with E-state index in [9.17, 15) is 22.8 Å². The molecule has 0 aliphatic carbocycles. The van der Waals surface area contributed by atoms with Gasteiger partial charge in [0.05, 0.1) is 16.9 Å². The zero-order valence-electron chi connectivity index (χ0n) is 20.9. The minimum absolute atomic E-state index is 0.194. The van der Waals surface area contributed by atoms with E-state index in [1.807, 2.05) is 58.0 Å². The van der Waals surface area contributed by atoms with Crippen LogP contribution in [0, 0.1) is 6.92 Å². The van der Waals surface area contributed by atoms with Gasteiger partial charge in [-0.2, -0.15) is 18.3 Å². The zero-order valence-corrected chi connectivity index (χ0v) is 20.9. The summed E-state index contributed by atoms with van der Waals surface area (Å²) in [7, 11) is 0. The second-order valence-corrected chi connectivity index (χ2v) is 9.43. The number of urea groups is 1. The van der Waals surface area contributed by atoms with Gasteiger partial charge in [-0.15, -0.1) is 0 Å².